The normalized spacial score (nSPS) is 27.6. The van der Waals surface area contributed by atoms with E-state index in [9.17, 15) is 0 Å². The molecule has 1 saturated heterocycles. The zero-order chi connectivity index (χ0) is 13.1. The maximum atomic E-state index is 4.33. The van der Waals surface area contributed by atoms with Crippen molar-refractivity contribution in [2.24, 2.45) is 10.9 Å². The van der Waals surface area contributed by atoms with Crippen LogP contribution in [0.5, 0.6) is 0 Å². The number of nitrogens with zero attached hydrogens (tertiary/aromatic N) is 2. The third-order valence-electron chi connectivity index (χ3n) is 4.51. The monoisotopic (exact) mass is 390 g/mol. The zero-order valence-electron chi connectivity index (χ0n) is 12.3. The molecule has 2 fully saturated rings. The number of nitrogens with one attached hydrogen (secondary N) is 2. The molecule has 2 N–H and O–H groups in total. The molecule has 3 rings (SSSR count). The average molecular weight is 390 g/mol. The molecule has 2 aliphatic carbocycles. The van der Waals surface area contributed by atoms with Crippen LogP contribution in [-0.2, 0) is 0 Å². The number of aliphatic imine (C=N–C) groups is 1. The summed E-state index contributed by atoms with van der Waals surface area (Å²) in [5.41, 5.74) is 0. The van der Waals surface area contributed by atoms with Gasteiger partial charge in [-0.3, -0.25) is 4.99 Å². The van der Waals surface area contributed by atoms with Gasteiger partial charge in [0.05, 0.1) is 0 Å². The average Bonchev–Trinajstić information content (AvgIpc) is 2.96. The first-order valence-electron chi connectivity index (χ1n) is 7.71. The lowest BCUT2D eigenvalue weighted by molar-refractivity contribution is 0.314. The van der Waals surface area contributed by atoms with Crippen LogP contribution in [0.25, 0.3) is 0 Å². The van der Waals surface area contributed by atoms with Crippen molar-refractivity contribution in [2.45, 2.75) is 44.2 Å². The minimum Gasteiger partial charge on any atom is -0.356 e. The van der Waals surface area contributed by atoms with E-state index in [2.05, 4.69) is 32.7 Å². The smallest absolute Gasteiger partial charge is 0.191 e. The van der Waals surface area contributed by atoms with Crippen LogP contribution in [0, 0.1) is 5.92 Å². The maximum Gasteiger partial charge on any atom is 0.191 e. The first-order chi connectivity index (χ1) is 9.35. The van der Waals surface area contributed by atoms with Crippen LogP contribution in [0.3, 0.4) is 0 Å². The Bertz CT molecular complexity index is 357. The van der Waals surface area contributed by atoms with E-state index in [0.717, 1.165) is 37.3 Å². The molecule has 0 radical (unpaired) electrons. The third kappa shape index (κ3) is 4.35. The fraction of sp³-hybridized carbons (Fsp3) is 0.800. The van der Waals surface area contributed by atoms with Crippen molar-refractivity contribution in [3.05, 3.63) is 12.2 Å². The molecule has 20 heavy (non-hydrogen) atoms. The Morgan fingerprint density at radius 1 is 1.25 bits per heavy atom. The van der Waals surface area contributed by atoms with E-state index in [-0.39, 0.29) is 24.0 Å². The van der Waals surface area contributed by atoms with Crippen molar-refractivity contribution >= 4 is 29.9 Å². The van der Waals surface area contributed by atoms with Crippen LogP contribution >= 0.6 is 24.0 Å². The molecule has 5 heteroatoms. The number of guanidine groups is 1. The molecule has 3 aliphatic rings. The fourth-order valence-corrected chi connectivity index (χ4v) is 3.16. The topological polar surface area (TPSA) is 39.7 Å². The molecule has 1 atom stereocenters. The second kappa shape index (κ2) is 7.64. The molecule has 1 heterocycles. The van der Waals surface area contributed by atoms with E-state index in [4.69, 9.17) is 0 Å². The lowest BCUT2D eigenvalue weighted by Gasteiger charge is -2.19. The Hall–Kier alpha value is -0.300. The summed E-state index contributed by atoms with van der Waals surface area (Å²) in [6.45, 7) is 3.64. The molecule has 1 saturated carbocycles. The Balaban J connectivity index is 0.00000147. The third-order valence-corrected chi connectivity index (χ3v) is 4.51. The van der Waals surface area contributed by atoms with Gasteiger partial charge in [-0.2, -0.15) is 0 Å². The van der Waals surface area contributed by atoms with E-state index in [1.165, 1.54) is 32.4 Å². The fourth-order valence-electron chi connectivity index (χ4n) is 3.16. The second-order valence-corrected chi connectivity index (χ2v) is 6.12. The number of rotatable bonds is 4. The molecule has 4 nitrogen and oxygen atoms in total. The highest BCUT2D eigenvalue weighted by molar-refractivity contribution is 14.0. The number of hydrogen-bond acceptors (Lipinski definition) is 2. The molecular formula is C15H27IN4. The molecule has 0 aromatic rings. The summed E-state index contributed by atoms with van der Waals surface area (Å²) < 4.78 is 0. The minimum atomic E-state index is 0. The SMILES string of the molecule is CN=C(NCC1CCN(C2CC2)C1)NC1CC=CC1.I. The standard InChI is InChI=1S/C15H26N4.HI/c1-16-15(18-13-4-2-3-5-13)17-10-12-8-9-19(11-12)14-6-7-14;/h2-3,12-14H,4-11H2,1H3,(H2,16,17,18);1H. The lowest BCUT2D eigenvalue weighted by atomic mass is 10.1. The summed E-state index contributed by atoms with van der Waals surface area (Å²) in [6, 6.07) is 1.46. The summed E-state index contributed by atoms with van der Waals surface area (Å²) in [5.74, 6) is 1.76. The molecule has 0 aromatic heterocycles. The quantitative estimate of drug-likeness (QED) is 0.334. The lowest BCUT2D eigenvalue weighted by Crippen LogP contribution is -2.44. The second-order valence-electron chi connectivity index (χ2n) is 6.12. The van der Waals surface area contributed by atoms with E-state index in [1.54, 1.807) is 0 Å². The van der Waals surface area contributed by atoms with Gasteiger partial charge in [0.15, 0.2) is 5.96 Å². The molecule has 1 unspecified atom stereocenters. The molecule has 0 amide bonds. The molecular weight excluding hydrogens is 363 g/mol. The van der Waals surface area contributed by atoms with Gasteiger partial charge in [-0.15, -0.1) is 24.0 Å². The van der Waals surface area contributed by atoms with Crippen molar-refractivity contribution in [3.63, 3.8) is 0 Å². The van der Waals surface area contributed by atoms with Crippen molar-refractivity contribution in [1.29, 1.82) is 0 Å². The summed E-state index contributed by atoms with van der Waals surface area (Å²) >= 11 is 0. The first kappa shape index (κ1) is 16.1. The van der Waals surface area contributed by atoms with Crippen LogP contribution in [0.1, 0.15) is 32.1 Å². The van der Waals surface area contributed by atoms with Crippen molar-refractivity contribution in [1.82, 2.24) is 15.5 Å². The van der Waals surface area contributed by atoms with Gasteiger partial charge in [0.1, 0.15) is 0 Å². The first-order valence-corrected chi connectivity index (χ1v) is 7.71. The summed E-state index contributed by atoms with van der Waals surface area (Å²) in [6.07, 6.45) is 10.9. The van der Waals surface area contributed by atoms with Gasteiger partial charge in [-0.1, -0.05) is 12.2 Å². The predicted molar refractivity (Wildman–Crippen MR) is 94.8 cm³/mol. The minimum absolute atomic E-state index is 0. The number of halogens is 1. The van der Waals surface area contributed by atoms with E-state index < -0.39 is 0 Å². The highest BCUT2D eigenvalue weighted by atomic mass is 127. The van der Waals surface area contributed by atoms with Crippen LogP contribution in [0.15, 0.2) is 17.1 Å². The predicted octanol–water partition coefficient (Wildman–Crippen LogP) is 1.97. The summed E-state index contributed by atoms with van der Waals surface area (Å²) in [7, 11) is 1.86. The van der Waals surface area contributed by atoms with Crippen molar-refractivity contribution in [2.75, 3.05) is 26.7 Å². The Morgan fingerprint density at radius 2 is 2.00 bits per heavy atom. The van der Waals surface area contributed by atoms with Gasteiger partial charge in [0, 0.05) is 32.2 Å². The molecule has 0 aromatic carbocycles. The Kier molecular flexibility index (Phi) is 6.14. The van der Waals surface area contributed by atoms with Gasteiger partial charge in [-0.25, -0.2) is 0 Å². The van der Waals surface area contributed by atoms with E-state index in [0.29, 0.717) is 6.04 Å². The van der Waals surface area contributed by atoms with Gasteiger partial charge in [0.2, 0.25) is 0 Å². The van der Waals surface area contributed by atoms with Gasteiger partial charge in [0.25, 0.3) is 0 Å². The van der Waals surface area contributed by atoms with E-state index in [1.807, 2.05) is 7.05 Å². The number of likely N-dealkylation sites (tertiary alicyclic amines) is 1. The van der Waals surface area contributed by atoms with Gasteiger partial charge in [-0.05, 0) is 44.6 Å². The highest BCUT2D eigenvalue weighted by Gasteiger charge is 2.34. The molecule has 1 aliphatic heterocycles. The van der Waals surface area contributed by atoms with E-state index >= 15 is 0 Å². The Labute approximate surface area is 139 Å². The maximum absolute atomic E-state index is 4.33. The van der Waals surface area contributed by atoms with Crippen LogP contribution in [0.2, 0.25) is 0 Å². The Morgan fingerprint density at radius 3 is 2.65 bits per heavy atom. The van der Waals surface area contributed by atoms with Gasteiger partial charge >= 0.3 is 0 Å². The largest absolute Gasteiger partial charge is 0.356 e. The molecule has 0 bridgehead atoms. The van der Waals surface area contributed by atoms with Crippen LogP contribution < -0.4 is 10.6 Å². The zero-order valence-corrected chi connectivity index (χ0v) is 14.7. The number of hydrogen-bond donors (Lipinski definition) is 2. The highest BCUT2D eigenvalue weighted by Crippen LogP contribution is 2.31. The van der Waals surface area contributed by atoms with Crippen molar-refractivity contribution < 1.29 is 0 Å². The molecule has 0 spiro atoms. The van der Waals surface area contributed by atoms with Crippen molar-refractivity contribution in [3.8, 4) is 0 Å². The van der Waals surface area contributed by atoms with Gasteiger partial charge < -0.3 is 15.5 Å². The summed E-state index contributed by atoms with van der Waals surface area (Å²) in [4.78, 5) is 7.00. The van der Waals surface area contributed by atoms with Crippen LogP contribution in [0.4, 0.5) is 0 Å². The molecule has 114 valence electrons. The summed E-state index contributed by atoms with van der Waals surface area (Å²) in [5, 5.41) is 7.00. The van der Waals surface area contributed by atoms with Crippen LogP contribution in [-0.4, -0.2) is 49.6 Å².